The lowest BCUT2D eigenvalue weighted by Crippen LogP contribution is -2.37. The number of benzene rings is 3. The number of aromatic hydroxyl groups is 1. The minimum atomic E-state index is -0.909. The van der Waals surface area contributed by atoms with Crippen LogP contribution in [-0.2, 0) is 14.4 Å². The summed E-state index contributed by atoms with van der Waals surface area (Å²) in [6.45, 7) is 3.95. The van der Waals surface area contributed by atoms with E-state index in [1.807, 2.05) is 56.3 Å². The molecule has 0 radical (unpaired) electrons. The molecule has 2 aliphatic rings. The molecule has 0 saturated carbocycles. The van der Waals surface area contributed by atoms with Crippen molar-refractivity contribution in [2.75, 3.05) is 9.96 Å². The number of para-hydroxylation sites is 1. The zero-order valence-corrected chi connectivity index (χ0v) is 17.2. The Morgan fingerprint density at radius 1 is 0.806 bits per heavy atom. The number of carbonyl (C=O) groups excluding carboxylic acids is 2. The van der Waals surface area contributed by atoms with Crippen LogP contribution in [0.25, 0.3) is 0 Å². The van der Waals surface area contributed by atoms with Crippen LogP contribution in [0.3, 0.4) is 0 Å². The Labute approximate surface area is 180 Å². The number of phenolic OH excluding ortho intramolecular Hbond substituents is 1. The number of fused-ring (bicyclic) bond motifs is 1. The molecule has 5 rings (SSSR count). The summed E-state index contributed by atoms with van der Waals surface area (Å²) in [5.74, 6) is -1.20. The van der Waals surface area contributed by atoms with Crippen LogP contribution < -0.4 is 9.96 Å². The van der Waals surface area contributed by atoms with E-state index in [0.29, 0.717) is 5.69 Å². The van der Waals surface area contributed by atoms with E-state index in [-0.39, 0.29) is 17.6 Å². The molecule has 2 heterocycles. The minimum Gasteiger partial charge on any atom is -0.508 e. The van der Waals surface area contributed by atoms with Crippen molar-refractivity contribution in [3.63, 3.8) is 0 Å². The summed E-state index contributed by atoms with van der Waals surface area (Å²) in [4.78, 5) is 34.2. The van der Waals surface area contributed by atoms with Gasteiger partial charge in [-0.25, -0.2) is 9.96 Å². The summed E-state index contributed by atoms with van der Waals surface area (Å²) in [7, 11) is 0. The first-order valence-electron chi connectivity index (χ1n) is 10.2. The standard InChI is InChI=1S/C25H22N2O4/c1-15-8-11-19(14-16(15)2)26-24(29)21-22(17-9-12-20(28)13-10-17)27(31-23(21)25(26)30)18-6-4-3-5-7-18/h3-14,21-23,28H,1-2H3/t21-,22-,23+/m0/s1. The molecule has 0 unspecified atom stereocenters. The third kappa shape index (κ3) is 3.07. The van der Waals surface area contributed by atoms with Gasteiger partial charge >= 0.3 is 0 Å². The van der Waals surface area contributed by atoms with Crippen LogP contribution in [0.15, 0.2) is 72.8 Å². The van der Waals surface area contributed by atoms with Gasteiger partial charge in [0.2, 0.25) is 5.91 Å². The van der Waals surface area contributed by atoms with Crippen molar-refractivity contribution in [2.24, 2.45) is 5.92 Å². The summed E-state index contributed by atoms with van der Waals surface area (Å²) in [6.07, 6.45) is -0.909. The highest BCUT2D eigenvalue weighted by atomic mass is 16.7. The van der Waals surface area contributed by atoms with Gasteiger partial charge in [-0.3, -0.25) is 14.4 Å². The van der Waals surface area contributed by atoms with Crippen LogP contribution in [0.1, 0.15) is 22.7 Å². The number of hydrogen-bond acceptors (Lipinski definition) is 5. The molecule has 0 spiro atoms. The molecule has 1 N–H and O–H groups in total. The molecule has 2 aliphatic heterocycles. The molecule has 2 amide bonds. The van der Waals surface area contributed by atoms with Gasteiger partial charge in [-0.2, -0.15) is 0 Å². The molecule has 3 aromatic carbocycles. The quantitative estimate of drug-likeness (QED) is 0.655. The molecule has 6 heteroatoms. The van der Waals surface area contributed by atoms with Crippen molar-refractivity contribution < 1.29 is 19.5 Å². The fourth-order valence-electron chi connectivity index (χ4n) is 4.34. The van der Waals surface area contributed by atoms with Gasteiger partial charge in [-0.1, -0.05) is 36.4 Å². The largest absolute Gasteiger partial charge is 0.508 e. The van der Waals surface area contributed by atoms with Gasteiger partial charge in [0.25, 0.3) is 5.91 Å². The van der Waals surface area contributed by atoms with Gasteiger partial charge in [-0.15, -0.1) is 0 Å². The minimum absolute atomic E-state index is 0.135. The Morgan fingerprint density at radius 3 is 2.19 bits per heavy atom. The number of hydroxylamine groups is 1. The van der Waals surface area contributed by atoms with Crippen LogP contribution >= 0.6 is 0 Å². The molecular weight excluding hydrogens is 392 g/mol. The van der Waals surface area contributed by atoms with E-state index in [0.717, 1.165) is 22.4 Å². The van der Waals surface area contributed by atoms with Gasteiger partial charge in [0.1, 0.15) is 11.7 Å². The van der Waals surface area contributed by atoms with Gasteiger partial charge in [-0.05, 0) is 66.9 Å². The number of nitrogens with zero attached hydrogens (tertiary/aromatic N) is 2. The van der Waals surface area contributed by atoms with E-state index in [9.17, 15) is 14.7 Å². The van der Waals surface area contributed by atoms with Crippen LogP contribution in [-0.4, -0.2) is 23.0 Å². The van der Waals surface area contributed by atoms with Crippen LogP contribution in [0, 0.1) is 19.8 Å². The van der Waals surface area contributed by atoms with E-state index in [1.165, 1.54) is 4.90 Å². The van der Waals surface area contributed by atoms with Crippen LogP contribution in [0.4, 0.5) is 11.4 Å². The van der Waals surface area contributed by atoms with Crippen molar-refractivity contribution in [2.45, 2.75) is 26.0 Å². The van der Waals surface area contributed by atoms with Crippen molar-refractivity contribution in [1.82, 2.24) is 0 Å². The molecule has 0 bridgehead atoms. The number of anilines is 2. The second-order valence-corrected chi connectivity index (χ2v) is 8.03. The second-order valence-electron chi connectivity index (χ2n) is 8.03. The van der Waals surface area contributed by atoms with Crippen LogP contribution in [0.2, 0.25) is 0 Å². The predicted molar refractivity (Wildman–Crippen MR) is 117 cm³/mol. The number of phenols is 1. The van der Waals surface area contributed by atoms with Gasteiger partial charge in [0.15, 0.2) is 6.10 Å². The number of rotatable bonds is 3. The highest BCUT2D eigenvalue weighted by molar-refractivity contribution is 6.24. The fraction of sp³-hybridized carbons (Fsp3) is 0.200. The predicted octanol–water partition coefficient (Wildman–Crippen LogP) is 4.06. The van der Waals surface area contributed by atoms with Crippen molar-refractivity contribution in [1.29, 1.82) is 0 Å². The smallest absolute Gasteiger partial charge is 0.266 e. The van der Waals surface area contributed by atoms with Crippen LogP contribution in [0.5, 0.6) is 5.75 Å². The average Bonchev–Trinajstić information content (AvgIpc) is 3.28. The summed E-state index contributed by atoms with van der Waals surface area (Å²) in [5, 5.41) is 11.4. The molecular formula is C25H22N2O4. The van der Waals surface area contributed by atoms with E-state index < -0.39 is 18.1 Å². The zero-order valence-electron chi connectivity index (χ0n) is 17.2. The molecule has 3 atom stereocenters. The first-order chi connectivity index (χ1) is 15.0. The Balaban J connectivity index is 1.58. The van der Waals surface area contributed by atoms with E-state index >= 15 is 0 Å². The fourth-order valence-corrected chi connectivity index (χ4v) is 4.34. The number of aryl methyl sites for hydroxylation is 2. The van der Waals surface area contributed by atoms with Gasteiger partial charge in [0.05, 0.1) is 17.4 Å². The summed E-state index contributed by atoms with van der Waals surface area (Å²) < 4.78 is 0. The topological polar surface area (TPSA) is 70.1 Å². The monoisotopic (exact) mass is 414 g/mol. The van der Waals surface area contributed by atoms with Gasteiger partial charge < -0.3 is 5.11 Å². The maximum atomic E-state index is 13.6. The molecule has 3 aromatic rings. The summed E-state index contributed by atoms with van der Waals surface area (Å²) in [6, 6.07) is 21.2. The Hall–Kier alpha value is -3.64. The van der Waals surface area contributed by atoms with Gasteiger partial charge in [0, 0.05) is 0 Å². The molecule has 156 valence electrons. The normalized spacial score (nSPS) is 22.8. The molecule has 2 fully saturated rings. The molecule has 6 nitrogen and oxygen atoms in total. The Morgan fingerprint density at radius 2 is 1.52 bits per heavy atom. The number of imide groups is 1. The molecule has 31 heavy (non-hydrogen) atoms. The van der Waals surface area contributed by atoms with E-state index in [1.54, 1.807) is 35.4 Å². The maximum Gasteiger partial charge on any atom is 0.266 e. The van der Waals surface area contributed by atoms with Crippen molar-refractivity contribution in [3.05, 3.63) is 89.5 Å². The van der Waals surface area contributed by atoms with Crippen molar-refractivity contribution >= 4 is 23.2 Å². The van der Waals surface area contributed by atoms with E-state index in [2.05, 4.69) is 0 Å². The highest BCUT2D eigenvalue weighted by Crippen LogP contribution is 2.47. The van der Waals surface area contributed by atoms with E-state index in [4.69, 9.17) is 4.84 Å². The first kappa shape index (κ1) is 19.3. The summed E-state index contributed by atoms with van der Waals surface area (Å²) >= 11 is 0. The van der Waals surface area contributed by atoms with Crippen molar-refractivity contribution in [3.8, 4) is 5.75 Å². The maximum absolute atomic E-state index is 13.6. The third-order valence-corrected chi connectivity index (χ3v) is 6.11. The third-order valence-electron chi connectivity index (χ3n) is 6.11. The molecule has 0 aromatic heterocycles. The average molecular weight is 414 g/mol. The number of carbonyl (C=O) groups is 2. The SMILES string of the molecule is Cc1ccc(N2C(=O)[C@@H]3[C@@H](ON(c4ccccc4)[C@H]3c3ccc(O)cc3)C2=O)cc1C. The zero-order chi connectivity index (χ0) is 21.7. The Kier molecular flexibility index (Phi) is 4.52. The highest BCUT2D eigenvalue weighted by Gasteiger charge is 2.60. The second kappa shape index (κ2) is 7.25. The number of amides is 2. The molecule has 2 saturated heterocycles. The lowest BCUT2D eigenvalue weighted by Gasteiger charge is -2.28. The molecule has 0 aliphatic carbocycles. The lowest BCUT2D eigenvalue weighted by molar-refractivity contribution is -0.126. The first-order valence-corrected chi connectivity index (χ1v) is 10.2. The Bertz CT molecular complexity index is 1160. The lowest BCUT2D eigenvalue weighted by atomic mass is 9.90. The number of hydrogen-bond donors (Lipinski definition) is 1. The summed E-state index contributed by atoms with van der Waals surface area (Å²) in [5.41, 5.74) is 4.21.